The lowest BCUT2D eigenvalue weighted by atomic mass is 9.89. The number of nitrogens with one attached hydrogen (secondary N) is 3. The van der Waals surface area contributed by atoms with Crippen LogP contribution in [-0.4, -0.2) is 29.1 Å². The average molecular weight is 497 g/mol. The molecule has 190 valence electrons. The molecule has 1 aromatic heterocycles. The Morgan fingerprint density at radius 1 is 1.03 bits per heavy atom. The second-order valence-corrected chi connectivity index (χ2v) is 10.1. The van der Waals surface area contributed by atoms with E-state index in [4.69, 9.17) is 10.5 Å². The minimum absolute atomic E-state index is 0.169. The molecular weight excluding hydrogens is 464 g/mol. The zero-order valence-electron chi connectivity index (χ0n) is 20.9. The van der Waals surface area contributed by atoms with Crippen LogP contribution in [0, 0.1) is 0 Å². The number of nitrogens with two attached hydrogens (primary N) is 1. The Balaban J connectivity index is 1.30. The molecule has 0 bridgehead atoms. The maximum absolute atomic E-state index is 13.3. The molecule has 1 aliphatic rings. The number of aromatic nitrogens is 1. The summed E-state index contributed by atoms with van der Waals surface area (Å²) in [5.41, 5.74) is 9.65. The van der Waals surface area contributed by atoms with Crippen molar-refractivity contribution in [1.29, 1.82) is 0 Å². The number of carbonyl (C=O) groups is 2. The molecule has 5 rings (SSSR count). The number of fused-ring (bicyclic) bond motifs is 2. The highest BCUT2D eigenvalue weighted by molar-refractivity contribution is 5.88. The third-order valence-electron chi connectivity index (χ3n) is 7.21. The fraction of sp³-hybridized carbons (Fsp3) is 0.267. The van der Waals surface area contributed by atoms with Gasteiger partial charge < -0.3 is 26.1 Å². The zero-order chi connectivity index (χ0) is 25.9. The van der Waals surface area contributed by atoms with Crippen molar-refractivity contribution in [3.8, 4) is 0 Å². The molecule has 3 aromatic carbocycles. The molecule has 1 unspecified atom stereocenters. The summed E-state index contributed by atoms with van der Waals surface area (Å²) in [5, 5.41) is 7.17. The number of alkyl carbamates (subject to hydrolysis) is 1. The first-order chi connectivity index (χ1) is 17.9. The number of hydrogen-bond donors (Lipinski definition) is 4. The lowest BCUT2D eigenvalue weighted by Crippen LogP contribution is -2.58. The molecule has 0 saturated carbocycles. The van der Waals surface area contributed by atoms with Crippen molar-refractivity contribution in [2.24, 2.45) is 5.73 Å². The maximum Gasteiger partial charge on any atom is 0.408 e. The van der Waals surface area contributed by atoms with Gasteiger partial charge in [0.1, 0.15) is 6.61 Å². The van der Waals surface area contributed by atoms with Crippen LogP contribution in [0.15, 0.2) is 85.1 Å². The molecule has 5 N–H and O–H groups in total. The number of aromatic amines is 1. The lowest BCUT2D eigenvalue weighted by molar-refractivity contribution is -0.126. The van der Waals surface area contributed by atoms with E-state index in [0.717, 1.165) is 39.6 Å². The minimum atomic E-state index is -1.14. The van der Waals surface area contributed by atoms with E-state index in [0.29, 0.717) is 12.8 Å². The van der Waals surface area contributed by atoms with Crippen LogP contribution in [-0.2, 0) is 34.5 Å². The summed E-state index contributed by atoms with van der Waals surface area (Å²) in [6, 6.07) is 25.5. The second-order valence-electron chi connectivity index (χ2n) is 10.1. The summed E-state index contributed by atoms with van der Waals surface area (Å²) in [4.78, 5) is 29.5. The number of amides is 2. The van der Waals surface area contributed by atoms with Gasteiger partial charge in [-0.2, -0.15) is 0 Å². The van der Waals surface area contributed by atoms with Crippen molar-refractivity contribution in [2.45, 2.75) is 43.9 Å². The summed E-state index contributed by atoms with van der Waals surface area (Å²) in [5.74, 6) is -0.277. The first-order valence-electron chi connectivity index (χ1n) is 12.6. The third kappa shape index (κ3) is 5.22. The molecule has 0 aliphatic heterocycles. The smallest absolute Gasteiger partial charge is 0.408 e. The zero-order valence-corrected chi connectivity index (χ0v) is 20.9. The van der Waals surface area contributed by atoms with Crippen LogP contribution in [0.3, 0.4) is 0 Å². The van der Waals surface area contributed by atoms with E-state index in [1.165, 1.54) is 0 Å². The molecule has 2 atom stereocenters. The van der Waals surface area contributed by atoms with Crippen LogP contribution in [0.25, 0.3) is 10.9 Å². The van der Waals surface area contributed by atoms with Gasteiger partial charge in [-0.1, -0.05) is 72.8 Å². The lowest BCUT2D eigenvalue weighted by Gasteiger charge is -2.33. The highest BCUT2D eigenvalue weighted by Crippen LogP contribution is 2.37. The van der Waals surface area contributed by atoms with Gasteiger partial charge in [-0.05, 0) is 48.1 Å². The van der Waals surface area contributed by atoms with Gasteiger partial charge in [-0.15, -0.1) is 0 Å². The minimum Gasteiger partial charge on any atom is -0.445 e. The van der Waals surface area contributed by atoms with E-state index in [-0.39, 0.29) is 19.1 Å². The first kappa shape index (κ1) is 24.6. The molecule has 7 heteroatoms. The molecular formula is C30H32N4O3. The van der Waals surface area contributed by atoms with Gasteiger partial charge >= 0.3 is 6.09 Å². The van der Waals surface area contributed by atoms with Crippen molar-refractivity contribution in [2.75, 3.05) is 6.54 Å². The Kier molecular flexibility index (Phi) is 6.72. The van der Waals surface area contributed by atoms with Crippen LogP contribution in [0.5, 0.6) is 0 Å². The largest absolute Gasteiger partial charge is 0.445 e. The van der Waals surface area contributed by atoms with E-state index >= 15 is 0 Å². The van der Waals surface area contributed by atoms with E-state index in [1.54, 1.807) is 6.92 Å². The maximum atomic E-state index is 13.3. The van der Waals surface area contributed by atoms with Crippen molar-refractivity contribution in [3.63, 3.8) is 0 Å². The molecule has 0 saturated heterocycles. The fourth-order valence-electron chi connectivity index (χ4n) is 5.19. The van der Waals surface area contributed by atoms with E-state index in [1.807, 2.05) is 79.0 Å². The standard InChI is InChI=1S/C30H32N4O3/c1-29(31,17-23-18-32-26-14-8-6-12-24(23)26)27(35)33-20-30(16-15-22-11-5-7-13-25(22)30)34-28(36)37-19-21-9-3-2-4-10-21/h2-14,18,32H,15-17,19-20,31H2,1H3,(H,33,35)(H,34,36)/t29-,30?/m1/s1. The Bertz CT molecular complexity index is 1410. The number of para-hydroxylation sites is 1. The number of hydrogen-bond acceptors (Lipinski definition) is 4. The van der Waals surface area contributed by atoms with Crippen molar-refractivity contribution in [1.82, 2.24) is 15.6 Å². The number of ether oxygens (including phenoxy) is 1. The van der Waals surface area contributed by atoms with Crippen molar-refractivity contribution in [3.05, 3.63) is 107 Å². The number of aryl methyl sites for hydroxylation is 1. The van der Waals surface area contributed by atoms with Crippen LogP contribution in [0.1, 0.15) is 35.6 Å². The summed E-state index contributed by atoms with van der Waals surface area (Å²) in [7, 11) is 0. The molecule has 7 nitrogen and oxygen atoms in total. The van der Waals surface area contributed by atoms with Gasteiger partial charge in [0.15, 0.2) is 0 Å². The van der Waals surface area contributed by atoms with Crippen LogP contribution < -0.4 is 16.4 Å². The second kappa shape index (κ2) is 10.1. The molecule has 0 spiro atoms. The predicted octanol–water partition coefficient (Wildman–Crippen LogP) is 4.31. The predicted molar refractivity (Wildman–Crippen MR) is 144 cm³/mol. The first-order valence-corrected chi connectivity index (χ1v) is 12.6. The third-order valence-corrected chi connectivity index (χ3v) is 7.21. The highest BCUT2D eigenvalue weighted by Gasteiger charge is 2.42. The number of benzene rings is 3. The van der Waals surface area contributed by atoms with Crippen molar-refractivity contribution >= 4 is 22.9 Å². The fourth-order valence-corrected chi connectivity index (χ4v) is 5.19. The Hall–Kier alpha value is -4.10. The monoisotopic (exact) mass is 496 g/mol. The molecule has 2 amide bonds. The Morgan fingerprint density at radius 2 is 1.76 bits per heavy atom. The van der Waals surface area contributed by atoms with E-state index in [2.05, 4.69) is 21.7 Å². The Labute approximate surface area is 216 Å². The Morgan fingerprint density at radius 3 is 2.59 bits per heavy atom. The summed E-state index contributed by atoms with van der Waals surface area (Å²) < 4.78 is 5.52. The van der Waals surface area contributed by atoms with Crippen molar-refractivity contribution < 1.29 is 14.3 Å². The van der Waals surface area contributed by atoms with Gasteiger partial charge in [0.25, 0.3) is 0 Å². The summed E-state index contributed by atoms with van der Waals surface area (Å²) >= 11 is 0. The van der Waals surface area contributed by atoms with Gasteiger partial charge in [0, 0.05) is 30.1 Å². The molecule has 1 heterocycles. The quantitative estimate of drug-likeness (QED) is 0.291. The molecule has 1 aliphatic carbocycles. The highest BCUT2D eigenvalue weighted by atomic mass is 16.5. The molecule has 4 aromatic rings. The molecule has 37 heavy (non-hydrogen) atoms. The van der Waals surface area contributed by atoms with Crippen LogP contribution >= 0.6 is 0 Å². The van der Waals surface area contributed by atoms with Gasteiger partial charge in [-0.3, -0.25) is 4.79 Å². The SMILES string of the molecule is C[C@@](N)(Cc1c[nH]c2ccccc12)C(=O)NCC1(NC(=O)OCc2ccccc2)CCc2ccccc21. The van der Waals surface area contributed by atoms with Crippen LogP contribution in [0.4, 0.5) is 4.79 Å². The summed E-state index contributed by atoms with van der Waals surface area (Å²) in [6.45, 7) is 2.12. The normalized spacial score (nSPS) is 18.1. The topological polar surface area (TPSA) is 109 Å². The van der Waals surface area contributed by atoms with Gasteiger partial charge in [0.05, 0.1) is 11.1 Å². The molecule has 0 fully saturated rings. The van der Waals surface area contributed by atoms with Gasteiger partial charge in [-0.25, -0.2) is 4.79 Å². The van der Waals surface area contributed by atoms with E-state index in [9.17, 15) is 9.59 Å². The summed E-state index contributed by atoms with van der Waals surface area (Å²) in [6.07, 6.45) is 3.20. The number of H-pyrrole nitrogens is 1. The average Bonchev–Trinajstić information content (AvgIpc) is 3.48. The van der Waals surface area contributed by atoms with E-state index < -0.39 is 17.2 Å². The molecule has 0 radical (unpaired) electrons. The van der Waals surface area contributed by atoms with Gasteiger partial charge in [0.2, 0.25) is 5.91 Å². The van der Waals surface area contributed by atoms with Crippen LogP contribution in [0.2, 0.25) is 0 Å². The number of carbonyl (C=O) groups excluding carboxylic acids is 2. The number of rotatable bonds is 8.